The van der Waals surface area contributed by atoms with E-state index >= 15 is 0 Å². The van der Waals surface area contributed by atoms with E-state index < -0.39 is 12.8 Å². The number of halogens is 4. The lowest BCUT2D eigenvalue weighted by molar-refractivity contribution is -0.176. The van der Waals surface area contributed by atoms with Crippen molar-refractivity contribution in [2.75, 3.05) is 19.8 Å². The summed E-state index contributed by atoms with van der Waals surface area (Å²) in [6, 6.07) is 12.3. The molecule has 3 N–H and O–H groups in total. The van der Waals surface area contributed by atoms with Crippen molar-refractivity contribution in [1.82, 2.24) is 10.6 Å². The average molecular weight is 567 g/mol. The van der Waals surface area contributed by atoms with Gasteiger partial charge in [0.25, 0.3) is 0 Å². The number of benzene rings is 2. The number of hydrogen-bond acceptors (Lipinski definition) is 4. The normalized spacial score (nSPS) is 11.6. The molecule has 0 saturated carbocycles. The van der Waals surface area contributed by atoms with E-state index in [2.05, 4.69) is 20.4 Å². The fourth-order valence-electron chi connectivity index (χ4n) is 2.66. The molecule has 0 aliphatic heterocycles. The molecule has 0 radical (unpaired) electrons. The van der Waals surface area contributed by atoms with Crippen molar-refractivity contribution >= 4 is 29.9 Å². The van der Waals surface area contributed by atoms with Gasteiger partial charge in [-0.3, -0.25) is 0 Å². The number of aromatic hydroxyl groups is 1. The number of aliphatic imine (C=N–C) groups is 1. The van der Waals surface area contributed by atoms with Crippen LogP contribution in [-0.2, 0) is 24.4 Å². The van der Waals surface area contributed by atoms with Crippen molar-refractivity contribution in [2.45, 2.75) is 39.7 Å². The summed E-state index contributed by atoms with van der Waals surface area (Å²) in [5, 5.41) is 16.2. The van der Waals surface area contributed by atoms with Crippen LogP contribution in [0.4, 0.5) is 13.2 Å². The lowest BCUT2D eigenvalue weighted by Crippen LogP contribution is -2.36. The zero-order valence-electron chi connectivity index (χ0n) is 18.0. The fourth-order valence-corrected chi connectivity index (χ4v) is 2.66. The van der Waals surface area contributed by atoms with Crippen LogP contribution in [0, 0.1) is 0 Å². The maximum absolute atomic E-state index is 12.1. The van der Waals surface area contributed by atoms with Crippen LogP contribution < -0.4 is 15.4 Å². The largest absolute Gasteiger partial charge is 0.504 e. The molecule has 0 spiro atoms. The lowest BCUT2D eigenvalue weighted by atomic mass is 10.1. The molecule has 6 nitrogen and oxygen atoms in total. The molecule has 178 valence electrons. The van der Waals surface area contributed by atoms with Crippen LogP contribution in [0.1, 0.15) is 30.5 Å². The smallest absolute Gasteiger partial charge is 0.411 e. The number of nitrogens with zero attached hydrogens (tertiary/aromatic N) is 1. The molecule has 0 heterocycles. The molecule has 2 aromatic carbocycles. The highest BCUT2D eigenvalue weighted by Crippen LogP contribution is 2.27. The number of phenolic OH excluding ortho intramolecular Hbond substituents is 1. The zero-order valence-corrected chi connectivity index (χ0v) is 20.4. The number of alkyl halides is 3. The predicted molar refractivity (Wildman–Crippen MR) is 128 cm³/mol. The molecular weight excluding hydrogens is 538 g/mol. The average Bonchev–Trinajstić information content (AvgIpc) is 2.72. The number of ether oxygens (including phenoxy) is 2. The third-order valence-electron chi connectivity index (χ3n) is 4.11. The first kappa shape index (κ1) is 27.8. The van der Waals surface area contributed by atoms with E-state index in [-0.39, 0.29) is 36.3 Å². The van der Waals surface area contributed by atoms with Gasteiger partial charge in [0.05, 0.1) is 19.8 Å². The van der Waals surface area contributed by atoms with Crippen molar-refractivity contribution in [3.8, 4) is 11.5 Å². The highest BCUT2D eigenvalue weighted by atomic mass is 127. The van der Waals surface area contributed by atoms with Gasteiger partial charge >= 0.3 is 6.18 Å². The molecule has 0 atom stereocenters. The second kappa shape index (κ2) is 14.0. The van der Waals surface area contributed by atoms with Gasteiger partial charge in [-0.2, -0.15) is 13.2 Å². The molecule has 0 amide bonds. The summed E-state index contributed by atoms with van der Waals surface area (Å²) in [7, 11) is 0. The van der Waals surface area contributed by atoms with Gasteiger partial charge in [0.15, 0.2) is 17.5 Å². The van der Waals surface area contributed by atoms with Crippen LogP contribution in [0.3, 0.4) is 0 Å². The van der Waals surface area contributed by atoms with E-state index in [1.54, 1.807) is 30.3 Å². The van der Waals surface area contributed by atoms with Gasteiger partial charge in [0.2, 0.25) is 0 Å². The Morgan fingerprint density at radius 3 is 2.28 bits per heavy atom. The minimum atomic E-state index is -4.32. The van der Waals surface area contributed by atoms with Crippen molar-refractivity contribution < 1.29 is 27.8 Å². The molecule has 0 aromatic heterocycles. The van der Waals surface area contributed by atoms with Crippen molar-refractivity contribution in [3.63, 3.8) is 0 Å². The van der Waals surface area contributed by atoms with Gasteiger partial charge in [-0.05, 0) is 42.7 Å². The van der Waals surface area contributed by atoms with Gasteiger partial charge in [0, 0.05) is 13.1 Å². The Kier molecular flexibility index (Phi) is 12.2. The Labute approximate surface area is 203 Å². The minimum absolute atomic E-state index is 0. The maximum atomic E-state index is 12.1. The molecule has 0 fully saturated rings. The quantitative estimate of drug-likeness (QED) is 0.220. The number of hydrogen-bond donors (Lipinski definition) is 3. The lowest BCUT2D eigenvalue weighted by Gasteiger charge is -2.12. The molecule has 2 rings (SSSR count). The van der Waals surface area contributed by atoms with Gasteiger partial charge in [-0.1, -0.05) is 30.3 Å². The second-order valence-electron chi connectivity index (χ2n) is 6.71. The van der Waals surface area contributed by atoms with E-state index in [0.29, 0.717) is 43.5 Å². The first-order valence-corrected chi connectivity index (χ1v) is 10.00. The Morgan fingerprint density at radius 2 is 1.66 bits per heavy atom. The van der Waals surface area contributed by atoms with Crippen LogP contribution in [0.2, 0.25) is 0 Å². The molecule has 2 aromatic rings. The highest BCUT2D eigenvalue weighted by molar-refractivity contribution is 14.0. The van der Waals surface area contributed by atoms with Crippen molar-refractivity contribution in [3.05, 3.63) is 59.2 Å². The summed E-state index contributed by atoms with van der Waals surface area (Å²) in [5.41, 5.74) is 2.51. The number of rotatable bonds is 10. The van der Waals surface area contributed by atoms with Gasteiger partial charge < -0.3 is 25.2 Å². The summed E-state index contributed by atoms with van der Waals surface area (Å²) in [4.78, 5) is 4.54. The second-order valence-corrected chi connectivity index (χ2v) is 6.71. The SMILES string of the molecule is CCNC(=NCc1ccc(O)c(OCC)c1)NCc1ccc(COCC(F)(F)F)cc1.I. The fraction of sp³-hybridized carbons (Fsp3) is 0.409. The van der Waals surface area contributed by atoms with Crippen LogP contribution >= 0.6 is 24.0 Å². The Balaban J connectivity index is 0.00000512. The first-order valence-electron chi connectivity index (χ1n) is 10.00. The van der Waals surface area contributed by atoms with Crippen LogP contribution in [0.25, 0.3) is 0 Å². The van der Waals surface area contributed by atoms with Crippen molar-refractivity contribution in [2.24, 2.45) is 4.99 Å². The maximum Gasteiger partial charge on any atom is 0.411 e. The summed E-state index contributed by atoms with van der Waals surface area (Å²) < 4.78 is 46.5. The summed E-state index contributed by atoms with van der Waals surface area (Å²) in [6.07, 6.45) is -4.32. The molecule has 0 aliphatic rings. The van der Waals surface area contributed by atoms with E-state index in [9.17, 15) is 18.3 Å². The summed E-state index contributed by atoms with van der Waals surface area (Å²) in [6.45, 7) is 4.49. The number of nitrogens with one attached hydrogen (secondary N) is 2. The van der Waals surface area contributed by atoms with E-state index in [1.165, 1.54) is 0 Å². The van der Waals surface area contributed by atoms with Gasteiger partial charge in [0.1, 0.15) is 6.61 Å². The molecule has 32 heavy (non-hydrogen) atoms. The summed E-state index contributed by atoms with van der Waals surface area (Å²) in [5.74, 6) is 1.13. The molecule has 10 heteroatoms. The topological polar surface area (TPSA) is 75.1 Å². The monoisotopic (exact) mass is 567 g/mol. The van der Waals surface area contributed by atoms with Crippen LogP contribution in [0.15, 0.2) is 47.5 Å². The van der Waals surface area contributed by atoms with Gasteiger partial charge in [-0.25, -0.2) is 4.99 Å². The minimum Gasteiger partial charge on any atom is -0.504 e. The van der Waals surface area contributed by atoms with E-state index in [1.807, 2.05) is 26.0 Å². The third kappa shape index (κ3) is 10.4. The van der Waals surface area contributed by atoms with Gasteiger partial charge in [-0.15, -0.1) is 24.0 Å². The highest BCUT2D eigenvalue weighted by Gasteiger charge is 2.27. The van der Waals surface area contributed by atoms with Crippen molar-refractivity contribution in [1.29, 1.82) is 0 Å². The standard InChI is InChI=1S/C22H28F3N3O3.HI/c1-3-26-21(28-13-18-9-10-19(29)20(11-18)31-4-2)27-12-16-5-7-17(8-6-16)14-30-15-22(23,24)25;/h5-11,29H,3-4,12-15H2,1-2H3,(H2,26,27,28);1H. The predicted octanol–water partition coefficient (Wildman–Crippen LogP) is 4.74. The van der Waals surface area contributed by atoms with Crippen LogP contribution in [0.5, 0.6) is 11.5 Å². The zero-order chi connectivity index (χ0) is 22.7. The summed E-state index contributed by atoms with van der Waals surface area (Å²) >= 11 is 0. The third-order valence-corrected chi connectivity index (χ3v) is 4.11. The molecular formula is C22H29F3IN3O3. The Bertz CT molecular complexity index is 847. The van der Waals surface area contributed by atoms with E-state index in [0.717, 1.165) is 11.1 Å². The number of guanidine groups is 1. The van der Waals surface area contributed by atoms with Crippen LogP contribution in [-0.4, -0.2) is 37.0 Å². The molecule has 0 bridgehead atoms. The molecule has 0 saturated heterocycles. The Morgan fingerprint density at radius 1 is 1.00 bits per heavy atom. The molecule has 0 aliphatic carbocycles. The first-order chi connectivity index (χ1) is 14.8. The molecule has 0 unspecified atom stereocenters. The Hall–Kier alpha value is -2.21. The number of phenols is 1. The van der Waals surface area contributed by atoms with E-state index in [4.69, 9.17) is 4.74 Å².